The summed E-state index contributed by atoms with van der Waals surface area (Å²) < 4.78 is 2.91. The fraction of sp³-hybridized carbons (Fsp3) is 0.0769. The molecular formula is C13H11BrN4. The molecule has 0 unspecified atom stereocenters. The summed E-state index contributed by atoms with van der Waals surface area (Å²) in [6, 6.07) is 9.62. The average Bonchev–Trinajstić information content (AvgIpc) is 2.68. The van der Waals surface area contributed by atoms with Crippen molar-refractivity contribution in [1.29, 1.82) is 0 Å². The van der Waals surface area contributed by atoms with Gasteiger partial charge in [-0.3, -0.25) is 0 Å². The van der Waals surface area contributed by atoms with Crippen molar-refractivity contribution in [2.45, 2.75) is 0 Å². The van der Waals surface area contributed by atoms with E-state index in [2.05, 4.69) is 25.9 Å². The van der Waals surface area contributed by atoms with Crippen molar-refractivity contribution in [3.63, 3.8) is 0 Å². The maximum absolute atomic E-state index is 6.04. The fourth-order valence-electron chi connectivity index (χ4n) is 2.00. The minimum atomic E-state index is 0.697. The number of nitrogen functional groups attached to an aromatic ring is 1. The van der Waals surface area contributed by atoms with E-state index in [0.717, 1.165) is 27.0 Å². The summed E-state index contributed by atoms with van der Waals surface area (Å²) in [6.07, 6.45) is 1.76. The van der Waals surface area contributed by atoms with Crippen molar-refractivity contribution in [2.24, 2.45) is 7.05 Å². The van der Waals surface area contributed by atoms with Crippen LogP contribution in [-0.4, -0.2) is 14.5 Å². The average molecular weight is 303 g/mol. The van der Waals surface area contributed by atoms with Crippen LogP contribution in [0.5, 0.6) is 0 Å². The van der Waals surface area contributed by atoms with Crippen LogP contribution < -0.4 is 5.73 Å². The van der Waals surface area contributed by atoms with Gasteiger partial charge in [0, 0.05) is 29.0 Å². The van der Waals surface area contributed by atoms with Gasteiger partial charge in [-0.25, -0.2) is 9.97 Å². The molecular weight excluding hydrogens is 292 g/mol. The lowest BCUT2D eigenvalue weighted by atomic mass is 10.2. The summed E-state index contributed by atoms with van der Waals surface area (Å²) in [6.45, 7) is 0. The highest BCUT2D eigenvalue weighted by atomic mass is 79.9. The number of anilines is 1. The smallest absolute Gasteiger partial charge is 0.159 e. The van der Waals surface area contributed by atoms with Gasteiger partial charge in [-0.15, -0.1) is 0 Å². The molecule has 0 spiro atoms. The first-order valence-electron chi connectivity index (χ1n) is 5.49. The van der Waals surface area contributed by atoms with E-state index in [1.807, 2.05) is 41.9 Å². The van der Waals surface area contributed by atoms with Crippen LogP contribution in [0.25, 0.3) is 22.6 Å². The molecule has 90 valence electrons. The predicted molar refractivity (Wildman–Crippen MR) is 76.1 cm³/mol. The van der Waals surface area contributed by atoms with Gasteiger partial charge in [0.25, 0.3) is 0 Å². The van der Waals surface area contributed by atoms with Gasteiger partial charge in [-0.2, -0.15) is 0 Å². The standard InChI is InChI=1S/C13H11BrN4/c1-18-12(9-5-4-8(14)7-10(9)15)17-11-3-2-6-16-13(11)18/h2-7H,15H2,1H3. The highest BCUT2D eigenvalue weighted by Crippen LogP contribution is 2.29. The van der Waals surface area contributed by atoms with Gasteiger partial charge in [0.15, 0.2) is 5.65 Å². The topological polar surface area (TPSA) is 56.7 Å². The molecule has 0 saturated carbocycles. The van der Waals surface area contributed by atoms with Gasteiger partial charge >= 0.3 is 0 Å². The fourth-order valence-corrected chi connectivity index (χ4v) is 2.38. The lowest BCUT2D eigenvalue weighted by Crippen LogP contribution is -1.97. The third-order valence-electron chi connectivity index (χ3n) is 2.88. The molecule has 0 radical (unpaired) electrons. The van der Waals surface area contributed by atoms with Crippen LogP contribution in [0.15, 0.2) is 41.0 Å². The van der Waals surface area contributed by atoms with E-state index < -0.39 is 0 Å². The van der Waals surface area contributed by atoms with E-state index in [9.17, 15) is 0 Å². The number of fused-ring (bicyclic) bond motifs is 1. The zero-order valence-corrected chi connectivity index (χ0v) is 11.3. The van der Waals surface area contributed by atoms with E-state index in [-0.39, 0.29) is 0 Å². The van der Waals surface area contributed by atoms with Gasteiger partial charge in [-0.05, 0) is 30.3 Å². The van der Waals surface area contributed by atoms with Crippen molar-refractivity contribution in [2.75, 3.05) is 5.73 Å². The molecule has 0 aliphatic heterocycles. The number of benzene rings is 1. The Kier molecular flexibility index (Phi) is 2.56. The Balaban J connectivity index is 2.28. The van der Waals surface area contributed by atoms with Crippen LogP contribution in [0.1, 0.15) is 0 Å². The Morgan fingerprint density at radius 1 is 1.28 bits per heavy atom. The number of halogens is 1. The Labute approximate surface area is 113 Å². The largest absolute Gasteiger partial charge is 0.398 e. The van der Waals surface area contributed by atoms with Crippen LogP contribution in [0.3, 0.4) is 0 Å². The third kappa shape index (κ3) is 1.67. The molecule has 0 bridgehead atoms. The molecule has 1 aromatic carbocycles. The summed E-state index contributed by atoms with van der Waals surface area (Å²) in [5.74, 6) is 0.828. The van der Waals surface area contributed by atoms with E-state index in [1.165, 1.54) is 0 Å². The van der Waals surface area contributed by atoms with E-state index >= 15 is 0 Å². The molecule has 0 fully saturated rings. The summed E-state index contributed by atoms with van der Waals surface area (Å²) in [5, 5.41) is 0. The number of aryl methyl sites for hydroxylation is 1. The molecule has 0 aliphatic carbocycles. The van der Waals surface area contributed by atoms with Gasteiger partial charge in [0.05, 0.1) is 0 Å². The predicted octanol–water partition coefficient (Wildman–Crippen LogP) is 2.98. The number of aromatic nitrogens is 3. The second-order valence-corrected chi connectivity index (χ2v) is 4.99. The Hall–Kier alpha value is -1.88. The van der Waals surface area contributed by atoms with Crippen molar-refractivity contribution in [3.05, 3.63) is 41.0 Å². The first kappa shape index (κ1) is 11.2. The van der Waals surface area contributed by atoms with E-state index in [4.69, 9.17) is 5.73 Å². The minimum absolute atomic E-state index is 0.697. The highest BCUT2D eigenvalue weighted by molar-refractivity contribution is 9.10. The molecule has 0 aliphatic rings. The molecule has 2 heterocycles. The highest BCUT2D eigenvalue weighted by Gasteiger charge is 2.12. The zero-order chi connectivity index (χ0) is 12.7. The summed E-state index contributed by atoms with van der Waals surface area (Å²) in [7, 11) is 1.94. The lowest BCUT2D eigenvalue weighted by molar-refractivity contribution is 0.942. The molecule has 2 N–H and O–H groups in total. The molecule has 5 heteroatoms. The summed E-state index contributed by atoms with van der Waals surface area (Å²) >= 11 is 3.40. The van der Waals surface area contributed by atoms with Crippen LogP contribution in [-0.2, 0) is 7.05 Å². The van der Waals surface area contributed by atoms with Gasteiger partial charge in [0.2, 0.25) is 0 Å². The van der Waals surface area contributed by atoms with E-state index in [0.29, 0.717) is 5.69 Å². The van der Waals surface area contributed by atoms with Gasteiger partial charge in [0.1, 0.15) is 11.3 Å². The number of nitrogens with zero attached hydrogens (tertiary/aromatic N) is 3. The van der Waals surface area contributed by atoms with Crippen molar-refractivity contribution in [1.82, 2.24) is 14.5 Å². The third-order valence-corrected chi connectivity index (χ3v) is 3.38. The number of rotatable bonds is 1. The second-order valence-electron chi connectivity index (χ2n) is 4.07. The molecule has 2 aromatic heterocycles. The van der Waals surface area contributed by atoms with E-state index in [1.54, 1.807) is 6.20 Å². The molecule has 3 aromatic rings. The monoisotopic (exact) mass is 302 g/mol. The molecule has 0 amide bonds. The number of pyridine rings is 1. The minimum Gasteiger partial charge on any atom is -0.398 e. The molecule has 0 atom stereocenters. The number of hydrogen-bond acceptors (Lipinski definition) is 3. The maximum Gasteiger partial charge on any atom is 0.159 e. The van der Waals surface area contributed by atoms with Gasteiger partial charge < -0.3 is 10.3 Å². The van der Waals surface area contributed by atoms with Gasteiger partial charge in [-0.1, -0.05) is 15.9 Å². The first-order valence-corrected chi connectivity index (χ1v) is 6.29. The molecule has 18 heavy (non-hydrogen) atoms. The number of imidazole rings is 1. The normalized spacial score (nSPS) is 11.0. The van der Waals surface area contributed by atoms with Crippen molar-refractivity contribution < 1.29 is 0 Å². The molecule has 3 rings (SSSR count). The number of nitrogens with two attached hydrogens (primary N) is 1. The van der Waals surface area contributed by atoms with Crippen molar-refractivity contribution >= 4 is 32.8 Å². The Morgan fingerprint density at radius 2 is 2.11 bits per heavy atom. The second kappa shape index (κ2) is 4.10. The summed E-state index contributed by atoms with van der Waals surface area (Å²) in [4.78, 5) is 8.90. The SMILES string of the molecule is Cn1c(-c2ccc(Br)cc2N)nc2cccnc21. The Morgan fingerprint density at radius 3 is 2.83 bits per heavy atom. The quantitative estimate of drug-likeness (QED) is 0.703. The molecule has 4 nitrogen and oxygen atoms in total. The van der Waals surface area contributed by atoms with Crippen LogP contribution in [0.4, 0.5) is 5.69 Å². The van der Waals surface area contributed by atoms with Crippen LogP contribution >= 0.6 is 15.9 Å². The molecule has 0 saturated heterocycles. The Bertz CT molecular complexity index is 733. The van der Waals surface area contributed by atoms with Crippen LogP contribution in [0.2, 0.25) is 0 Å². The van der Waals surface area contributed by atoms with Crippen LogP contribution in [0, 0.1) is 0 Å². The first-order chi connectivity index (χ1) is 8.66. The zero-order valence-electron chi connectivity index (χ0n) is 9.76. The summed E-state index contributed by atoms with van der Waals surface area (Å²) in [5.41, 5.74) is 9.38. The van der Waals surface area contributed by atoms with Crippen molar-refractivity contribution in [3.8, 4) is 11.4 Å². The maximum atomic E-state index is 6.04. The lowest BCUT2D eigenvalue weighted by Gasteiger charge is -2.05. The number of hydrogen-bond donors (Lipinski definition) is 1.